The highest BCUT2D eigenvalue weighted by molar-refractivity contribution is 6.33. The number of benzene rings is 1. The second-order valence-electron chi connectivity index (χ2n) is 12.8. The second kappa shape index (κ2) is 12.3. The number of alkyl halides is 3. The van der Waals surface area contributed by atoms with Gasteiger partial charge in [-0.15, -0.1) is 5.10 Å². The first-order valence-electron chi connectivity index (χ1n) is 15.2. The summed E-state index contributed by atoms with van der Waals surface area (Å²) in [5.74, 6) is -0.192. The molecular weight excluding hydrogens is 645 g/mol. The normalized spacial score (nSPS) is 20.2. The summed E-state index contributed by atoms with van der Waals surface area (Å²) in [7, 11) is 0. The Kier molecular flexibility index (Phi) is 8.59. The molecule has 252 valence electrons. The van der Waals surface area contributed by atoms with E-state index < -0.39 is 40.5 Å². The van der Waals surface area contributed by atoms with Crippen LogP contribution >= 0.6 is 11.6 Å². The molecule has 1 N–H and O–H groups in total. The highest BCUT2D eigenvalue weighted by Gasteiger charge is 2.47. The lowest BCUT2D eigenvalue weighted by Crippen LogP contribution is -2.39. The quantitative estimate of drug-likeness (QED) is 0.401. The van der Waals surface area contributed by atoms with Gasteiger partial charge in [-0.25, -0.2) is 4.79 Å². The summed E-state index contributed by atoms with van der Waals surface area (Å²) in [4.78, 5) is 46.8. The number of halogens is 4. The number of anilines is 1. The van der Waals surface area contributed by atoms with Crippen molar-refractivity contribution in [2.24, 2.45) is 0 Å². The Bertz CT molecular complexity index is 1830. The lowest BCUT2D eigenvalue weighted by molar-refractivity contribution is -0.137. The molecule has 3 aliphatic heterocycles. The number of fused-ring (bicyclic) bond motifs is 3. The summed E-state index contributed by atoms with van der Waals surface area (Å²) in [5, 5.41) is 6.84. The Morgan fingerprint density at radius 3 is 2.64 bits per heavy atom. The van der Waals surface area contributed by atoms with E-state index in [0.717, 1.165) is 28.3 Å². The standard InChI is InChI=1S/C31H34ClF3N6O6/c1-29(2,3)47-28(44)39-11-4-9-30(10-12-39)24-22(17-46-30)40(16-23(42)36-21-6-5-19(15-20(21)32)31(33,34)35)27-37-25(38-41(27)26(24)43)18-7-13-45-14-8-18/h5-7,15H,4,8-14,16-17H2,1-3H3,(H,36,42). The topological polar surface area (TPSA) is 129 Å². The zero-order valence-electron chi connectivity index (χ0n) is 26.1. The lowest BCUT2D eigenvalue weighted by atomic mass is 9.88. The fourth-order valence-electron chi connectivity index (χ4n) is 6.16. The molecule has 0 aliphatic carbocycles. The van der Waals surface area contributed by atoms with Gasteiger partial charge in [-0.1, -0.05) is 17.7 Å². The van der Waals surface area contributed by atoms with Crippen LogP contribution in [0.2, 0.25) is 5.02 Å². The number of nitrogens with zero attached hydrogens (tertiary/aromatic N) is 5. The zero-order chi connectivity index (χ0) is 33.7. The second-order valence-corrected chi connectivity index (χ2v) is 13.2. The smallest absolute Gasteiger partial charge is 0.416 e. The van der Waals surface area contributed by atoms with Gasteiger partial charge in [-0.2, -0.15) is 22.7 Å². The minimum Gasteiger partial charge on any atom is -0.444 e. The monoisotopic (exact) mass is 678 g/mol. The molecule has 6 rings (SSSR count). The first-order valence-corrected chi connectivity index (χ1v) is 15.6. The number of carbonyl (C=O) groups is 2. The largest absolute Gasteiger partial charge is 0.444 e. The third-order valence-electron chi connectivity index (χ3n) is 8.36. The SMILES string of the molecule is CC(C)(C)OC(=O)N1CCCC2(CC1)OCc1c2c(=O)n2nc(C3=CCOCC3)nc2n1CC(=O)Nc1ccc(C(F)(F)F)cc1Cl. The van der Waals surface area contributed by atoms with Crippen LogP contribution in [0, 0.1) is 0 Å². The molecule has 2 amide bonds. The molecule has 1 aromatic carbocycles. The van der Waals surface area contributed by atoms with Crippen molar-refractivity contribution < 1.29 is 37.0 Å². The molecule has 2 aromatic heterocycles. The van der Waals surface area contributed by atoms with Crippen LogP contribution in [0.25, 0.3) is 11.4 Å². The number of aromatic nitrogens is 4. The number of carbonyl (C=O) groups excluding carboxylic acids is 2. The van der Waals surface area contributed by atoms with Gasteiger partial charge in [0.15, 0.2) is 5.82 Å². The van der Waals surface area contributed by atoms with Crippen molar-refractivity contribution in [1.82, 2.24) is 24.1 Å². The number of amides is 2. The Hall–Kier alpha value is -3.95. The lowest BCUT2D eigenvalue weighted by Gasteiger charge is -2.28. The fourth-order valence-corrected chi connectivity index (χ4v) is 6.38. The molecule has 1 atom stereocenters. The summed E-state index contributed by atoms with van der Waals surface area (Å²) < 4.78 is 59.5. The van der Waals surface area contributed by atoms with Gasteiger partial charge in [0.25, 0.3) is 5.56 Å². The predicted octanol–water partition coefficient (Wildman–Crippen LogP) is 5.15. The number of likely N-dealkylation sites (tertiary alicyclic amines) is 1. The number of ether oxygens (including phenoxy) is 3. The van der Waals surface area contributed by atoms with E-state index in [1.807, 2.05) is 6.08 Å². The Labute approximate surface area is 272 Å². The molecule has 0 saturated carbocycles. The molecule has 0 bridgehead atoms. The van der Waals surface area contributed by atoms with Crippen molar-refractivity contribution >= 4 is 40.6 Å². The molecule has 1 unspecified atom stereocenters. The van der Waals surface area contributed by atoms with Crippen LogP contribution in [0.15, 0.2) is 29.1 Å². The van der Waals surface area contributed by atoms with E-state index >= 15 is 0 Å². The molecular formula is C31H34ClF3N6O6. The first-order chi connectivity index (χ1) is 22.1. The van der Waals surface area contributed by atoms with Crippen LogP contribution in [0.3, 0.4) is 0 Å². The van der Waals surface area contributed by atoms with Gasteiger partial charge in [0.05, 0.1) is 47.4 Å². The van der Waals surface area contributed by atoms with Gasteiger partial charge in [-0.3, -0.25) is 9.59 Å². The summed E-state index contributed by atoms with van der Waals surface area (Å²) >= 11 is 6.10. The number of rotatable bonds is 4. The zero-order valence-corrected chi connectivity index (χ0v) is 26.8. The van der Waals surface area contributed by atoms with E-state index in [1.165, 1.54) is 0 Å². The molecule has 1 saturated heterocycles. The van der Waals surface area contributed by atoms with Crippen molar-refractivity contribution in [2.45, 2.75) is 77.0 Å². The van der Waals surface area contributed by atoms with Crippen LogP contribution in [-0.2, 0) is 43.9 Å². The molecule has 3 aliphatic rings. The van der Waals surface area contributed by atoms with Crippen molar-refractivity contribution in [3.63, 3.8) is 0 Å². The molecule has 16 heteroatoms. The maximum absolute atomic E-state index is 14.2. The van der Waals surface area contributed by atoms with Crippen LogP contribution in [-0.4, -0.2) is 68.0 Å². The van der Waals surface area contributed by atoms with E-state index in [-0.39, 0.29) is 36.2 Å². The van der Waals surface area contributed by atoms with Gasteiger partial charge >= 0.3 is 12.3 Å². The number of nitrogens with one attached hydrogen (secondary N) is 1. The Morgan fingerprint density at radius 1 is 1.17 bits per heavy atom. The van der Waals surface area contributed by atoms with Gasteiger partial charge in [-0.05, 0) is 70.2 Å². The highest BCUT2D eigenvalue weighted by Crippen LogP contribution is 2.43. The average molecular weight is 679 g/mol. The van der Waals surface area contributed by atoms with Crippen LogP contribution in [0.5, 0.6) is 0 Å². The molecule has 12 nitrogen and oxygen atoms in total. The van der Waals surface area contributed by atoms with Crippen LogP contribution < -0.4 is 10.9 Å². The maximum Gasteiger partial charge on any atom is 0.416 e. The fraction of sp³-hybridized carbons (Fsp3) is 0.516. The predicted molar refractivity (Wildman–Crippen MR) is 164 cm³/mol. The highest BCUT2D eigenvalue weighted by atomic mass is 35.5. The molecule has 5 heterocycles. The first kappa shape index (κ1) is 33.0. The summed E-state index contributed by atoms with van der Waals surface area (Å²) in [6.07, 6.45) is -1.43. The minimum absolute atomic E-state index is 0.00776. The Balaban J connectivity index is 1.38. The minimum atomic E-state index is -4.60. The van der Waals surface area contributed by atoms with E-state index in [1.54, 1.807) is 30.2 Å². The van der Waals surface area contributed by atoms with Crippen molar-refractivity contribution in [3.8, 4) is 0 Å². The molecule has 1 fully saturated rings. The Morgan fingerprint density at radius 2 is 1.96 bits per heavy atom. The molecule has 0 radical (unpaired) electrons. The molecule has 3 aromatic rings. The summed E-state index contributed by atoms with van der Waals surface area (Å²) in [5.41, 5.74) is -1.58. The molecule has 1 spiro atoms. The van der Waals surface area contributed by atoms with E-state index in [4.69, 9.17) is 25.8 Å². The molecule has 47 heavy (non-hydrogen) atoms. The van der Waals surface area contributed by atoms with Crippen molar-refractivity contribution in [2.75, 3.05) is 31.6 Å². The third-order valence-corrected chi connectivity index (χ3v) is 8.67. The summed E-state index contributed by atoms with van der Waals surface area (Å²) in [6.45, 7) is 6.50. The van der Waals surface area contributed by atoms with Gasteiger partial charge < -0.3 is 29.0 Å². The van der Waals surface area contributed by atoms with Gasteiger partial charge in [0, 0.05) is 13.1 Å². The average Bonchev–Trinajstić information content (AvgIpc) is 3.53. The van der Waals surface area contributed by atoms with Crippen molar-refractivity contribution in [3.05, 3.63) is 62.3 Å². The van der Waals surface area contributed by atoms with E-state index in [0.29, 0.717) is 62.5 Å². The van der Waals surface area contributed by atoms with E-state index in [2.05, 4.69) is 15.4 Å². The van der Waals surface area contributed by atoms with Gasteiger partial charge in [0.1, 0.15) is 17.7 Å². The van der Waals surface area contributed by atoms with Crippen molar-refractivity contribution in [1.29, 1.82) is 0 Å². The van der Waals surface area contributed by atoms with E-state index in [9.17, 15) is 27.6 Å². The number of hydrogen-bond acceptors (Lipinski definition) is 8. The van der Waals surface area contributed by atoms with Crippen LogP contribution in [0.4, 0.5) is 23.7 Å². The maximum atomic E-state index is 14.2. The third kappa shape index (κ3) is 6.61. The van der Waals surface area contributed by atoms with Gasteiger partial charge in [0.2, 0.25) is 11.7 Å². The van der Waals surface area contributed by atoms with Crippen LogP contribution in [0.1, 0.15) is 69.1 Å². The number of hydrogen-bond donors (Lipinski definition) is 1. The summed E-state index contributed by atoms with van der Waals surface area (Å²) in [6, 6.07) is 2.65.